The summed E-state index contributed by atoms with van der Waals surface area (Å²) in [5, 5.41) is 4.90. The number of halogens is 3. The van der Waals surface area contributed by atoms with E-state index >= 15 is 0 Å². The minimum absolute atomic E-state index is 0.0288. The van der Waals surface area contributed by atoms with Crippen LogP contribution in [0.1, 0.15) is 16.1 Å². The lowest BCUT2D eigenvalue weighted by Gasteiger charge is -2.33. The molecule has 194 valence electrons. The van der Waals surface area contributed by atoms with Gasteiger partial charge in [-0.1, -0.05) is 11.8 Å². The molecule has 0 radical (unpaired) electrons. The maximum Gasteiger partial charge on any atom is 0.422 e. The first kappa shape index (κ1) is 25.8. The standard InChI is InChI=1S/C22H24F3N5O5S/c1-13-8-18(30-20(26-13)27-21(28-30)36-3)34-11-15-10-29(6-7-33-15)19(31)16-9-14(32-2)4-5-17(16)35-12-22(23,24)25/h4-5,8-9,15H,6-7,10-12H2,1-3H3. The second kappa shape index (κ2) is 10.8. The van der Waals surface area contributed by atoms with Gasteiger partial charge in [-0.2, -0.15) is 22.7 Å². The number of rotatable bonds is 8. The van der Waals surface area contributed by atoms with Crippen LogP contribution in [-0.2, 0) is 4.74 Å². The monoisotopic (exact) mass is 527 g/mol. The van der Waals surface area contributed by atoms with E-state index in [1.165, 1.54) is 46.5 Å². The van der Waals surface area contributed by atoms with Gasteiger partial charge in [-0.3, -0.25) is 4.79 Å². The van der Waals surface area contributed by atoms with Gasteiger partial charge in [0.2, 0.25) is 11.0 Å². The number of fused-ring (bicyclic) bond motifs is 1. The third kappa shape index (κ3) is 6.10. The van der Waals surface area contributed by atoms with Gasteiger partial charge in [0.25, 0.3) is 11.7 Å². The molecule has 1 unspecified atom stereocenters. The summed E-state index contributed by atoms with van der Waals surface area (Å²) in [6.45, 7) is 1.04. The van der Waals surface area contributed by atoms with Crippen molar-refractivity contribution in [2.45, 2.75) is 24.4 Å². The number of morpholine rings is 1. The average molecular weight is 528 g/mol. The largest absolute Gasteiger partial charge is 0.497 e. The van der Waals surface area contributed by atoms with Gasteiger partial charge in [0, 0.05) is 18.3 Å². The summed E-state index contributed by atoms with van der Waals surface area (Å²) >= 11 is 1.38. The van der Waals surface area contributed by atoms with E-state index in [2.05, 4.69) is 15.1 Å². The number of benzene rings is 1. The van der Waals surface area contributed by atoms with Gasteiger partial charge >= 0.3 is 6.18 Å². The van der Waals surface area contributed by atoms with Gasteiger partial charge in [-0.05, 0) is 31.4 Å². The molecular weight excluding hydrogens is 503 g/mol. The zero-order valence-electron chi connectivity index (χ0n) is 19.7. The normalized spacial score (nSPS) is 16.3. The van der Waals surface area contributed by atoms with E-state index in [1.807, 2.05) is 13.2 Å². The van der Waals surface area contributed by atoms with Crippen molar-refractivity contribution in [1.29, 1.82) is 0 Å². The number of aromatic nitrogens is 4. The van der Waals surface area contributed by atoms with Crippen molar-refractivity contribution in [1.82, 2.24) is 24.5 Å². The number of methoxy groups -OCH3 is 1. The molecule has 3 heterocycles. The Bertz CT molecular complexity index is 1240. The highest BCUT2D eigenvalue weighted by molar-refractivity contribution is 7.98. The Kier molecular flexibility index (Phi) is 7.73. The molecule has 0 spiro atoms. The van der Waals surface area contributed by atoms with Crippen LogP contribution in [0.3, 0.4) is 0 Å². The number of hydrogen-bond donors (Lipinski definition) is 0. The van der Waals surface area contributed by atoms with Gasteiger partial charge < -0.3 is 23.8 Å². The summed E-state index contributed by atoms with van der Waals surface area (Å²) in [5.74, 6) is 0.471. The van der Waals surface area contributed by atoms with E-state index in [0.717, 1.165) is 0 Å². The molecule has 4 rings (SSSR count). The fourth-order valence-corrected chi connectivity index (χ4v) is 3.90. The number of carbonyl (C=O) groups is 1. The van der Waals surface area contributed by atoms with E-state index in [0.29, 0.717) is 28.3 Å². The highest BCUT2D eigenvalue weighted by atomic mass is 32.2. The quantitative estimate of drug-likeness (QED) is 0.409. The summed E-state index contributed by atoms with van der Waals surface area (Å²) in [6.07, 6.45) is -3.18. The summed E-state index contributed by atoms with van der Waals surface area (Å²) in [7, 11) is 1.40. The van der Waals surface area contributed by atoms with Gasteiger partial charge in [-0.15, -0.1) is 5.10 Å². The fraction of sp³-hybridized carbons (Fsp3) is 0.455. The Labute approximate surface area is 208 Å². The lowest BCUT2D eigenvalue weighted by Crippen LogP contribution is -2.47. The minimum Gasteiger partial charge on any atom is -0.497 e. The van der Waals surface area contributed by atoms with Crippen molar-refractivity contribution in [3.8, 4) is 17.4 Å². The molecule has 1 atom stereocenters. The molecular formula is C22H24F3N5O5S. The zero-order chi connectivity index (χ0) is 25.9. The van der Waals surface area contributed by atoms with E-state index < -0.39 is 24.8 Å². The van der Waals surface area contributed by atoms with Crippen LogP contribution in [0.2, 0.25) is 0 Å². The van der Waals surface area contributed by atoms with Crippen LogP contribution in [0, 0.1) is 6.92 Å². The first-order chi connectivity index (χ1) is 17.2. The Balaban J connectivity index is 1.47. The van der Waals surface area contributed by atoms with E-state index in [9.17, 15) is 18.0 Å². The summed E-state index contributed by atoms with van der Waals surface area (Å²) < 4.78 is 61.4. The number of amides is 1. The van der Waals surface area contributed by atoms with Crippen LogP contribution >= 0.6 is 11.8 Å². The Morgan fingerprint density at radius 2 is 2.06 bits per heavy atom. The molecule has 1 aliphatic rings. The zero-order valence-corrected chi connectivity index (χ0v) is 20.6. The van der Waals surface area contributed by atoms with Crippen LogP contribution < -0.4 is 14.2 Å². The highest BCUT2D eigenvalue weighted by Gasteiger charge is 2.31. The molecule has 1 fully saturated rings. The third-order valence-corrected chi connectivity index (χ3v) is 5.76. The van der Waals surface area contributed by atoms with E-state index in [1.54, 1.807) is 6.07 Å². The number of aryl methyl sites for hydroxylation is 1. The topological polar surface area (TPSA) is 100 Å². The predicted molar refractivity (Wildman–Crippen MR) is 123 cm³/mol. The van der Waals surface area contributed by atoms with Crippen LogP contribution in [0.25, 0.3) is 5.78 Å². The Hall–Kier alpha value is -3.26. The highest BCUT2D eigenvalue weighted by Crippen LogP contribution is 2.28. The van der Waals surface area contributed by atoms with Crippen molar-refractivity contribution in [3.63, 3.8) is 0 Å². The van der Waals surface area contributed by atoms with Crippen molar-refractivity contribution < 1.29 is 36.9 Å². The number of alkyl halides is 3. The number of thioether (sulfide) groups is 1. The van der Waals surface area contributed by atoms with Crippen molar-refractivity contribution in [2.75, 3.05) is 46.3 Å². The summed E-state index contributed by atoms with van der Waals surface area (Å²) in [5.41, 5.74) is 0.669. The molecule has 0 aliphatic carbocycles. The van der Waals surface area contributed by atoms with Crippen molar-refractivity contribution in [2.24, 2.45) is 0 Å². The number of hydrogen-bond acceptors (Lipinski definition) is 9. The second-order valence-electron chi connectivity index (χ2n) is 7.87. The minimum atomic E-state index is -4.54. The third-order valence-electron chi connectivity index (χ3n) is 5.22. The number of nitrogens with zero attached hydrogens (tertiary/aromatic N) is 5. The molecule has 1 amide bonds. The van der Waals surface area contributed by atoms with Crippen molar-refractivity contribution in [3.05, 3.63) is 35.5 Å². The molecule has 0 N–H and O–H groups in total. The fourth-order valence-electron chi connectivity index (χ4n) is 3.57. The van der Waals surface area contributed by atoms with Crippen LogP contribution in [0.4, 0.5) is 13.2 Å². The van der Waals surface area contributed by atoms with E-state index in [4.69, 9.17) is 18.9 Å². The first-order valence-corrected chi connectivity index (χ1v) is 12.1. The number of carbonyl (C=O) groups excluding carboxylic acids is 1. The van der Waals surface area contributed by atoms with Gasteiger partial charge in [0.05, 0.1) is 25.8 Å². The Morgan fingerprint density at radius 3 is 2.78 bits per heavy atom. The van der Waals surface area contributed by atoms with E-state index in [-0.39, 0.29) is 37.6 Å². The predicted octanol–water partition coefficient (Wildman–Crippen LogP) is 3.02. The van der Waals surface area contributed by atoms with Gasteiger partial charge in [0.1, 0.15) is 24.2 Å². The van der Waals surface area contributed by atoms with Gasteiger partial charge in [-0.25, -0.2) is 4.98 Å². The molecule has 10 nitrogen and oxygen atoms in total. The molecule has 1 aliphatic heterocycles. The molecule has 36 heavy (non-hydrogen) atoms. The first-order valence-electron chi connectivity index (χ1n) is 10.9. The molecule has 14 heteroatoms. The lowest BCUT2D eigenvalue weighted by atomic mass is 10.1. The molecule has 3 aromatic rings. The SMILES string of the molecule is COc1ccc(OCC(F)(F)F)c(C(=O)N2CCOC(COc3cc(C)nc4nc(SC)nn34)C2)c1. The maximum absolute atomic E-state index is 13.3. The van der Waals surface area contributed by atoms with Crippen LogP contribution in [0.5, 0.6) is 17.4 Å². The Morgan fingerprint density at radius 1 is 1.25 bits per heavy atom. The molecule has 0 saturated carbocycles. The lowest BCUT2D eigenvalue weighted by molar-refractivity contribution is -0.153. The maximum atomic E-state index is 13.3. The summed E-state index contributed by atoms with van der Waals surface area (Å²) in [4.78, 5) is 23.4. The van der Waals surface area contributed by atoms with Gasteiger partial charge in [0.15, 0.2) is 6.61 Å². The second-order valence-corrected chi connectivity index (χ2v) is 8.64. The summed E-state index contributed by atoms with van der Waals surface area (Å²) in [6, 6.07) is 5.80. The molecule has 2 aromatic heterocycles. The van der Waals surface area contributed by atoms with Crippen molar-refractivity contribution >= 4 is 23.4 Å². The number of ether oxygens (including phenoxy) is 4. The van der Waals surface area contributed by atoms with Crippen LogP contribution in [0.15, 0.2) is 29.4 Å². The smallest absolute Gasteiger partial charge is 0.422 e. The molecule has 1 aromatic carbocycles. The molecule has 1 saturated heterocycles. The molecule has 0 bridgehead atoms. The average Bonchev–Trinajstić information content (AvgIpc) is 3.28. The van der Waals surface area contributed by atoms with Crippen LogP contribution in [-0.4, -0.2) is 88.9 Å².